The third-order valence-corrected chi connectivity index (χ3v) is 5.62. The van der Waals surface area contributed by atoms with Gasteiger partial charge in [-0.1, -0.05) is 37.4 Å². The van der Waals surface area contributed by atoms with Gasteiger partial charge in [0.25, 0.3) is 11.8 Å². The molecule has 0 fully saturated rings. The van der Waals surface area contributed by atoms with E-state index < -0.39 is 17.8 Å². The SMILES string of the molecule is C=C(NC(=O)c1csc(-c2ccc(CCCC(=S)OC(C)(C)C)cc2)n1)C(=O)NC(=C)C(=O)OC. The predicted octanol–water partition coefficient (Wildman–Crippen LogP) is 4.32. The van der Waals surface area contributed by atoms with Gasteiger partial charge in [-0.25, -0.2) is 9.78 Å². The number of aryl methyl sites for hydroxylation is 1. The highest BCUT2D eigenvalue weighted by Crippen LogP contribution is 2.24. The number of nitrogens with one attached hydrogen (secondary N) is 2. The molecule has 0 saturated heterocycles. The van der Waals surface area contributed by atoms with E-state index in [1.54, 1.807) is 5.38 Å². The van der Waals surface area contributed by atoms with E-state index in [1.807, 2.05) is 45.0 Å². The van der Waals surface area contributed by atoms with Gasteiger partial charge in [0, 0.05) is 17.4 Å². The molecule has 0 atom stereocenters. The first-order valence-corrected chi connectivity index (χ1v) is 12.0. The second-order valence-corrected chi connectivity index (χ2v) is 9.85. The Morgan fingerprint density at radius 3 is 2.34 bits per heavy atom. The summed E-state index contributed by atoms with van der Waals surface area (Å²) in [5.74, 6) is -2.18. The van der Waals surface area contributed by atoms with Crippen molar-refractivity contribution in [3.63, 3.8) is 0 Å². The maximum atomic E-state index is 12.5. The summed E-state index contributed by atoms with van der Waals surface area (Å²) in [7, 11) is 1.16. The molecule has 1 aromatic heterocycles. The number of ether oxygens (including phenoxy) is 2. The molecule has 2 rings (SSSR count). The molecule has 0 spiro atoms. The number of thiocarbonyl (C=S) groups is 1. The lowest BCUT2D eigenvalue weighted by molar-refractivity contribution is -0.137. The normalized spacial score (nSPS) is 10.7. The van der Waals surface area contributed by atoms with E-state index in [2.05, 4.69) is 33.5 Å². The number of esters is 1. The van der Waals surface area contributed by atoms with E-state index in [0.717, 1.165) is 37.5 Å². The fraction of sp³-hybridized carbons (Fsp3) is 0.320. The van der Waals surface area contributed by atoms with Crippen LogP contribution in [-0.4, -0.2) is 40.5 Å². The number of benzene rings is 1. The second-order valence-electron chi connectivity index (χ2n) is 8.53. The molecule has 2 aromatic rings. The number of amides is 2. The number of hydrogen-bond donors (Lipinski definition) is 2. The molecule has 0 aliphatic rings. The third kappa shape index (κ3) is 9.06. The number of carbonyl (C=O) groups is 3. The molecule has 35 heavy (non-hydrogen) atoms. The van der Waals surface area contributed by atoms with Crippen molar-refractivity contribution in [2.75, 3.05) is 7.11 Å². The molecule has 2 N–H and O–H groups in total. The molecule has 0 aliphatic heterocycles. The zero-order valence-electron chi connectivity index (χ0n) is 20.2. The standard InChI is InChI=1S/C25H29N3O5S2/c1-15(21(29)27-16(2)24(31)32-6)26-22(30)19-14-35-23(28-19)18-12-10-17(11-13-18)8-7-9-20(34)33-25(3,4)5/h10-14H,1-2,7-9H2,3-6H3,(H,26,30)(H,27,29). The molecular weight excluding hydrogens is 486 g/mol. The number of rotatable bonds is 10. The van der Waals surface area contributed by atoms with Gasteiger partial charge < -0.3 is 20.1 Å². The van der Waals surface area contributed by atoms with Gasteiger partial charge in [0.1, 0.15) is 22.0 Å². The first-order valence-electron chi connectivity index (χ1n) is 10.7. The monoisotopic (exact) mass is 515 g/mol. The molecule has 0 radical (unpaired) electrons. The predicted molar refractivity (Wildman–Crippen MR) is 140 cm³/mol. The summed E-state index contributed by atoms with van der Waals surface area (Å²) in [6.45, 7) is 12.8. The fourth-order valence-corrected chi connectivity index (χ4v) is 4.00. The minimum absolute atomic E-state index is 0.141. The summed E-state index contributed by atoms with van der Waals surface area (Å²) >= 11 is 6.59. The molecule has 0 aliphatic carbocycles. The smallest absolute Gasteiger partial charge is 0.353 e. The van der Waals surface area contributed by atoms with Crippen molar-refractivity contribution in [2.24, 2.45) is 0 Å². The highest BCUT2D eigenvalue weighted by Gasteiger charge is 2.18. The van der Waals surface area contributed by atoms with Crippen LogP contribution in [0.4, 0.5) is 0 Å². The quantitative estimate of drug-likeness (QED) is 0.276. The van der Waals surface area contributed by atoms with Crippen LogP contribution >= 0.6 is 23.6 Å². The zero-order chi connectivity index (χ0) is 26.2. The number of hydrogen-bond acceptors (Lipinski definition) is 8. The summed E-state index contributed by atoms with van der Waals surface area (Å²) < 4.78 is 10.1. The molecule has 1 aromatic carbocycles. The van der Waals surface area contributed by atoms with Gasteiger partial charge >= 0.3 is 5.97 Å². The Hall–Kier alpha value is -3.37. The lowest BCUT2D eigenvalue weighted by atomic mass is 10.1. The molecule has 1 heterocycles. The average Bonchev–Trinajstić information content (AvgIpc) is 3.28. The Balaban J connectivity index is 1.90. The molecule has 2 amide bonds. The first-order chi connectivity index (χ1) is 16.4. The van der Waals surface area contributed by atoms with E-state index in [1.165, 1.54) is 11.3 Å². The number of methoxy groups -OCH3 is 1. The lowest BCUT2D eigenvalue weighted by Crippen LogP contribution is -2.35. The van der Waals surface area contributed by atoms with Crippen LogP contribution < -0.4 is 10.6 Å². The van der Waals surface area contributed by atoms with Crippen LogP contribution in [0.15, 0.2) is 54.2 Å². The van der Waals surface area contributed by atoms with Crippen molar-refractivity contribution in [1.82, 2.24) is 15.6 Å². The summed E-state index contributed by atoms with van der Waals surface area (Å²) in [5, 5.41) is 7.44. The van der Waals surface area contributed by atoms with Gasteiger partial charge in [0.15, 0.2) is 5.05 Å². The fourth-order valence-electron chi connectivity index (χ4n) is 2.80. The number of aromatic nitrogens is 1. The van der Waals surface area contributed by atoms with Gasteiger partial charge in [0.2, 0.25) is 0 Å². The molecule has 0 unspecified atom stereocenters. The number of nitrogens with zero attached hydrogens (tertiary/aromatic N) is 1. The average molecular weight is 516 g/mol. The van der Waals surface area contributed by atoms with Gasteiger partial charge in [-0.05, 0) is 51.4 Å². The van der Waals surface area contributed by atoms with E-state index >= 15 is 0 Å². The number of thiazole rings is 1. The minimum Gasteiger partial charge on any atom is -0.482 e. The Morgan fingerprint density at radius 2 is 1.74 bits per heavy atom. The van der Waals surface area contributed by atoms with Crippen molar-refractivity contribution in [2.45, 2.75) is 45.6 Å². The first kappa shape index (κ1) is 27.9. The van der Waals surface area contributed by atoms with Crippen LogP contribution in [0.2, 0.25) is 0 Å². The number of carbonyl (C=O) groups excluding carboxylic acids is 3. The molecule has 10 heteroatoms. The van der Waals surface area contributed by atoms with Gasteiger partial charge in [-0.2, -0.15) is 0 Å². The van der Waals surface area contributed by atoms with Crippen LogP contribution in [-0.2, 0) is 25.5 Å². The Morgan fingerprint density at radius 1 is 1.09 bits per heavy atom. The third-order valence-electron chi connectivity index (χ3n) is 4.44. The molecule has 0 bridgehead atoms. The molecular formula is C25H29N3O5S2. The van der Waals surface area contributed by atoms with Crippen LogP contribution in [0.1, 0.15) is 49.7 Å². The molecule has 186 valence electrons. The molecule has 8 nitrogen and oxygen atoms in total. The van der Waals surface area contributed by atoms with Crippen molar-refractivity contribution < 1.29 is 23.9 Å². The Kier molecular flexibility index (Phi) is 9.85. The van der Waals surface area contributed by atoms with E-state index in [0.29, 0.717) is 10.1 Å². The van der Waals surface area contributed by atoms with Gasteiger partial charge in [-0.15, -0.1) is 11.3 Å². The van der Waals surface area contributed by atoms with E-state index in [-0.39, 0.29) is 22.7 Å². The van der Waals surface area contributed by atoms with Gasteiger partial charge in [-0.3, -0.25) is 9.59 Å². The topological polar surface area (TPSA) is 107 Å². The summed E-state index contributed by atoms with van der Waals surface area (Å²) in [5.41, 5.74) is 1.37. The summed E-state index contributed by atoms with van der Waals surface area (Å²) in [6.07, 6.45) is 2.48. The van der Waals surface area contributed by atoms with Crippen LogP contribution in [0.3, 0.4) is 0 Å². The van der Waals surface area contributed by atoms with Gasteiger partial charge in [0.05, 0.1) is 12.8 Å². The maximum Gasteiger partial charge on any atom is 0.353 e. The van der Waals surface area contributed by atoms with Crippen LogP contribution in [0, 0.1) is 0 Å². The largest absolute Gasteiger partial charge is 0.482 e. The van der Waals surface area contributed by atoms with Crippen molar-refractivity contribution in [3.8, 4) is 10.6 Å². The summed E-state index contributed by atoms with van der Waals surface area (Å²) in [4.78, 5) is 40.2. The van der Waals surface area contributed by atoms with Crippen LogP contribution in [0.5, 0.6) is 0 Å². The highest BCUT2D eigenvalue weighted by atomic mass is 32.1. The van der Waals surface area contributed by atoms with Crippen LogP contribution in [0.25, 0.3) is 10.6 Å². The molecule has 0 saturated carbocycles. The Labute approximate surface area is 214 Å². The highest BCUT2D eigenvalue weighted by molar-refractivity contribution is 7.80. The maximum absolute atomic E-state index is 12.5. The summed E-state index contributed by atoms with van der Waals surface area (Å²) in [6, 6.07) is 7.93. The van der Waals surface area contributed by atoms with Crippen molar-refractivity contribution >= 4 is 46.4 Å². The lowest BCUT2D eigenvalue weighted by Gasteiger charge is -2.21. The minimum atomic E-state index is -0.800. The zero-order valence-corrected chi connectivity index (χ0v) is 21.9. The van der Waals surface area contributed by atoms with Crippen molar-refractivity contribution in [3.05, 3.63) is 65.5 Å². The van der Waals surface area contributed by atoms with E-state index in [9.17, 15) is 14.4 Å². The van der Waals surface area contributed by atoms with Crippen molar-refractivity contribution in [1.29, 1.82) is 0 Å². The van der Waals surface area contributed by atoms with E-state index in [4.69, 9.17) is 17.0 Å². The second kappa shape index (κ2) is 12.4. The Bertz CT molecular complexity index is 1130.